The van der Waals surface area contributed by atoms with E-state index in [0.29, 0.717) is 12.0 Å². The standard InChI is InChI=1S/C22H36O2/c1-3-5-7-9-11-12-14-19-16-17-22(24)20(18-19)21(23)15-13-10-8-6-4-2/h16-18,24H,3-15H2,1-2H3. The lowest BCUT2D eigenvalue weighted by Gasteiger charge is -2.08. The highest BCUT2D eigenvalue weighted by molar-refractivity contribution is 5.98. The quantitative estimate of drug-likeness (QED) is 0.299. The van der Waals surface area contributed by atoms with Crippen molar-refractivity contribution in [3.05, 3.63) is 29.3 Å². The number of phenolic OH excluding ortho intramolecular Hbond substituents is 1. The van der Waals surface area contributed by atoms with Gasteiger partial charge in [-0.25, -0.2) is 0 Å². The lowest BCUT2D eigenvalue weighted by molar-refractivity contribution is 0.0976. The van der Waals surface area contributed by atoms with Crippen LogP contribution in [-0.4, -0.2) is 10.9 Å². The van der Waals surface area contributed by atoms with Crippen molar-refractivity contribution in [1.82, 2.24) is 0 Å². The Kier molecular flexibility index (Phi) is 11.3. The highest BCUT2D eigenvalue weighted by Crippen LogP contribution is 2.22. The molecule has 0 saturated carbocycles. The zero-order valence-electron chi connectivity index (χ0n) is 15.8. The zero-order chi connectivity index (χ0) is 17.6. The number of Topliss-reactive ketones (excluding diaryl/α,β-unsaturated/α-hetero) is 1. The molecule has 0 unspecified atom stereocenters. The topological polar surface area (TPSA) is 37.3 Å². The molecule has 136 valence electrons. The minimum absolute atomic E-state index is 0.0915. The number of rotatable bonds is 14. The monoisotopic (exact) mass is 332 g/mol. The van der Waals surface area contributed by atoms with E-state index in [0.717, 1.165) is 19.3 Å². The third kappa shape index (κ3) is 8.52. The summed E-state index contributed by atoms with van der Waals surface area (Å²) in [4.78, 5) is 12.3. The van der Waals surface area contributed by atoms with E-state index >= 15 is 0 Å². The van der Waals surface area contributed by atoms with Crippen LogP contribution in [0.25, 0.3) is 0 Å². The van der Waals surface area contributed by atoms with Crippen molar-refractivity contribution >= 4 is 5.78 Å². The number of ketones is 1. The first-order chi connectivity index (χ1) is 11.7. The number of carbonyl (C=O) groups is 1. The Hall–Kier alpha value is -1.31. The predicted molar refractivity (Wildman–Crippen MR) is 103 cm³/mol. The molecule has 0 aliphatic carbocycles. The summed E-state index contributed by atoms with van der Waals surface area (Å²) in [6, 6.07) is 5.56. The molecule has 0 amide bonds. The molecule has 2 nitrogen and oxygen atoms in total. The lowest BCUT2D eigenvalue weighted by atomic mass is 9.98. The number of unbranched alkanes of at least 4 members (excludes halogenated alkanes) is 9. The fourth-order valence-electron chi connectivity index (χ4n) is 3.10. The van der Waals surface area contributed by atoms with Crippen LogP contribution in [0.1, 0.15) is 107 Å². The number of hydrogen-bond donors (Lipinski definition) is 1. The van der Waals surface area contributed by atoms with Gasteiger partial charge in [-0.15, -0.1) is 0 Å². The molecule has 1 N–H and O–H groups in total. The number of aromatic hydroxyl groups is 1. The first-order valence-electron chi connectivity index (χ1n) is 10.0. The third-order valence-corrected chi connectivity index (χ3v) is 4.69. The fraction of sp³-hybridized carbons (Fsp3) is 0.682. The molecule has 24 heavy (non-hydrogen) atoms. The molecule has 0 radical (unpaired) electrons. The Balaban J connectivity index is 2.39. The van der Waals surface area contributed by atoms with Crippen molar-refractivity contribution in [2.45, 2.75) is 97.3 Å². The van der Waals surface area contributed by atoms with Crippen molar-refractivity contribution in [2.24, 2.45) is 0 Å². The number of hydrogen-bond acceptors (Lipinski definition) is 2. The smallest absolute Gasteiger partial charge is 0.166 e. The molecule has 1 aromatic rings. The van der Waals surface area contributed by atoms with Gasteiger partial charge in [-0.2, -0.15) is 0 Å². The van der Waals surface area contributed by atoms with Crippen LogP contribution in [0, 0.1) is 0 Å². The van der Waals surface area contributed by atoms with Gasteiger partial charge in [0.1, 0.15) is 5.75 Å². The van der Waals surface area contributed by atoms with Crippen molar-refractivity contribution in [1.29, 1.82) is 0 Å². The van der Waals surface area contributed by atoms with E-state index in [1.807, 2.05) is 12.1 Å². The molecule has 0 spiro atoms. The summed E-state index contributed by atoms with van der Waals surface area (Å²) in [5.41, 5.74) is 1.70. The predicted octanol–water partition coefficient (Wildman–Crippen LogP) is 6.84. The van der Waals surface area contributed by atoms with E-state index in [1.54, 1.807) is 6.07 Å². The van der Waals surface area contributed by atoms with Gasteiger partial charge in [0.2, 0.25) is 0 Å². The zero-order valence-corrected chi connectivity index (χ0v) is 15.8. The van der Waals surface area contributed by atoms with Gasteiger partial charge in [-0.05, 0) is 37.0 Å². The summed E-state index contributed by atoms with van der Waals surface area (Å²) in [5, 5.41) is 9.99. The maximum Gasteiger partial charge on any atom is 0.166 e. The van der Waals surface area contributed by atoms with Gasteiger partial charge >= 0.3 is 0 Å². The highest BCUT2D eigenvalue weighted by atomic mass is 16.3. The summed E-state index contributed by atoms with van der Waals surface area (Å²) in [5.74, 6) is 0.231. The molecule has 0 fully saturated rings. The maximum atomic E-state index is 12.3. The van der Waals surface area contributed by atoms with Gasteiger partial charge in [0.25, 0.3) is 0 Å². The minimum Gasteiger partial charge on any atom is -0.507 e. The second kappa shape index (κ2) is 13.0. The lowest BCUT2D eigenvalue weighted by Crippen LogP contribution is -2.01. The van der Waals surface area contributed by atoms with Crippen LogP contribution in [0.15, 0.2) is 18.2 Å². The van der Waals surface area contributed by atoms with Crippen LogP contribution < -0.4 is 0 Å². The van der Waals surface area contributed by atoms with E-state index in [2.05, 4.69) is 13.8 Å². The number of benzene rings is 1. The Morgan fingerprint density at radius 2 is 1.42 bits per heavy atom. The molecule has 0 aliphatic rings. The van der Waals surface area contributed by atoms with Gasteiger partial charge in [0, 0.05) is 6.42 Å². The van der Waals surface area contributed by atoms with Crippen LogP contribution in [0.5, 0.6) is 5.75 Å². The molecule has 1 aromatic carbocycles. The van der Waals surface area contributed by atoms with Gasteiger partial charge in [0.05, 0.1) is 5.56 Å². The van der Waals surface area contributed by atoms with Crippen molar-refractivity contribution < 1.29 is 9.90 Å². The average molecular weight is 333 g/mol. The van der Waals surface area contributed by atoms with Crippen molar-refractivity contribution in [3.63, 3.8) is 0 Å². The maximum absolute atomic E-state index is 12.3. The average Bonchev–Trinajstić information content (AvgIpc) is 2.59. The van der Waals surface area contributed by atoms with Gasteiger partial charge in [-0.3, -0.25) is 4.79 Å². The Labute approximate surface area is 148 Å². The van der Waals surface area contributed by atoms with E-state index in [4.69, 9.17) is 0 Å². The molecule has 0 atom stereocenters. The van der Waals surface area contributed by atoms with Crippen LogP contribution in [0.4, 0.5) is 0 Å². The number of phenols is 1. The molecule has 2 heteroatoms. The molecule has 0 saturated heterocycles. The van der Waals surface area contributed by atoms with Crippen LogP contribution in [0.2, 0.25) is 0 Å². The minimum atomic E-state index is 0.0915. The Bertz CT molecular complexity index is 465. The SMILES string of the molecule is CCCCCCCCc1ccc(O)c(C(=O)CCCCCCC)c1. The second-order valence-electron chi connectivity index (χ2n) is 6.96. The highest BCUT2D eigenvalue weighted by Gasteiger charge is 2.11. The molecule has 0 aromatic heterocycles. The Morgan fingerprint density at radius 3 is 2.08 bits per heavy atom. The molecular weight excluding hydrogens is 296 g/mol. The third-order valence-electron chi connectivity index (χ3n) is 4.69. The van der Waals surface area contributed by atoms with Crippen LogP contribution >= 0.6 is 0 Å². The summed E-state index contributed by atoms with van der Waals surface area (Å²) in [6.45, 7) is 4.43. The molecule has 0 heterocycles. The summed E-state index contributed by atoms with van der Waals surface area (Å²) < 4.78 is 0. The molecule has 0 bridgehead atoms. The van der Waals surface area contributed by atoms with E-state index in [1.165, 1.54) is 63.4 Å². The van der Waals surface area contributed by atoms with Crippen LogP contribution in [-0.2, 0) is 6.42 Å². The summed E-state index contributed by atoms with van der Waals surface area (Å²) >= 11 is 0. The van der Waals surface area contributed by atoms with Crippen molar-refractivity contribution in [3.8, 4) is 5.75 Å². The fourth-order valence-corrected chi connectivity index (χ4v) is 3.10. The number of carbonyl (C=O) groups excluding carboxylic acids is 1. The number of aryl methyl sites for hydroxylation is 1. The Morgan fingerprint density at radius 1 is 0.833 bits per heavy atom. The summed E-state index contributed by atoms with van der Waals surface area (Å²) in [7, 11) is 0. The van der Waals surface area contributed by atoms with E-state index in [9.17, 15) is 9.90 Å². The molecule has 1 rings (SSSR count). The molecule has 0 aliphatic heterocycles. The first-order valence-corrected chi connectivity index (χ1v) is 10.0. The summed E-state index contributed by atoms with van der Waals surface area (Å²) in [6.07, 6.45) is 14.9. The molecular formula is C22H36O2. The van der Waals surface area contributed by atoms with E-state index in [-0.39, 0.29) is 11.5 Å². The van der Waals surface area contributed by atoms with Crippen LogP contribution in [0.3, 0.4) is 0 Å². The van der Waals surface area contributed by atoms with Crippen molar-refractivity contribution in [2.75, 3.05) is 0 Å². The van der Waals surface area contributed by atoms with Gasteiger partial charge in [-0.1, -0.05) is 77.7 Å². The largest absolute Gasteiger partial charge is 0.507 e. The van der Waals surface area contributed by atoms with E-state index < -0.39 is 0 Å². The van der Waals surface area contributed by atoms with Gasteiger partial charge in [0.15, 0.2) is 5.78 Å². The second-order valence-corrected chi connectivity index (χ2v) is 6.96. The first kappa shape index (κ1) is 20.7. The van der Waals surface area contributed by atoms with Gasteiger partial charge < -0.3 is 5.11 Å². The normalized spacial score (nSPS) is 10.9.